The predicted octanol–water partition coefficient (Wildman–Crippen LogP) is 0.927. The summed E-state index contributed by atoms with van der Waals surface area (Å²) in [5.74, 6) is 0. The van der Waals surface area contributed by atoms with Gasteiger partial charge in [0.2, 0.25) is 0 Å². The van der Waals surface area contributed by atoms with Crippen LogP contribution in [0.25, 0.3) is 0 Å². The van der Waals surface area contributed by atoms with Crippen LogP contribution < -0.4 is 5.32 Å². The van der Waals surface area contributed by atoms with Gasteiger partial charge in [0.1, 0.15) is 6.04 Å². The highest BCUT2D eigenvalue weighted by atomic mass is 32.1. The molecular formula is C6H7N3S. The quantitative estimate of drug-likeness (QED) is 0.687. The molecule has 1 N–H and O–H groups in total. The van der Waals surface area contributed by atoms with Crippen molar-refractivity contribution < 1.29 is 0 Å². The first-order valence-corrected chi connectivity index (χ1v) is 3.77. The van der Waals surface area contributed by atoms with E-state index < -0.39 is 0 Å². The summed E-state index contributed by atoms with van der Waals surface area (Å²) in [7, 11) is 1.74. The molecule has 0 aliphatic carbocycles. The number of nitrogens with one attached hydrogen (secondary N) is 1. The summed E-state index contributed by atoms with van der Waals surface area (Å²) in [6.45, 7) is 0. The lowest BCUT2D eigenvalue weighted by Crippen LogP contribution is -2.14. The molecule has 0 radical (unpaired) electrons. The summed E-state index contributed by atoms with van der Waals surface area (Å²) < 4.78 is 0. The Labute approximate surface area is 63.3 Å². The van der Waals surface area contributed by atoms with Crippen LogP contribution in [0.2, 0.25) is 0 Å². The molecule has 0 aromatic carbocycles. The molecule has 1 aromatic heterocycles. The van der Waals surface area contributed by atoms with Gasteiger partial charge in [-0.25, -0.2) is 4.98 Å². The summed E-state index contributed by atoms with van der Waals surface area (Å²) in [5, 5.41) is 13.3. The minimum Gasteiger partial charge on any atom is -0.300 e. The van der Waals surface area contributed by atoms with Crippen LogP contribution in [0.1, 0.15) is 11.7 Å². The van der Waals surface area contributed by atoms with Crippen LogP contribution in [0, 0.1) is 11.3 Å². The SMILES string of the molecule is CNC(C#N)c1cscn1. The normalized spacial score (nSPS) is 12.4. The van der Waals surface area contributed by atoms with Crippen molar-refractivity contribution in [2.45, 2.75) is 6.04 Å². The van der Waals surface area contributed by atoms with Gasteiger partial charge in [-0.2, -0.15) is 5.26 Å². The highest BCUT2D eigenvalue weighted by Crippen LogP contribution is 2.10. The fraction of sp³-hybridized carbons (Fsp3) is 0.333. The van der Waals surface area contributed by atoms with Crippen molar-refractivity contribution >= 4 is 11.3 Å². The van der Waals surface area contributed by atoms with Crippen molar-refractivity contribution in [3.8, 4) is 6.07 Å². The maximum atomic E-state index is 8.55. The summed E-state index contributed by atoms with van der Waals surface area (Å²) in [5.41, 5.74) is 2.52. The second-order valence-electron chi connectivity index (χ2n) is 1.76. The van der Waals surface area contributed by atoms with Gasteiger partial charge in [-0.1, -0.05) is 0 Å². The van der Waals surface area contributed by atoms with E-state index in [-0.39, 0.29) is 6.04 Å². The average Bonchev–Trinajstić information content (AvgIpc) is 2.43. The van der Waals surface area contributed by atoms with E-state index in [9.17, 15) is 0 Å². The molecule has 0 amide bonds. The van der Waals surface area contributed by atoms with Crippen LogP contribution in [0.15, 0.2) is 10.9 Å². The van der Waals surface area contributed by atoms with Gasteiger partial charge < -0.3 is 0 Å². The molecule has 0 bridgehead atoms. The minimum atomic E-state index is -0.258. The van der Waals surface area contributed by atoms with Crippen LogP contribution in [0.3, 0.4) is 0 Å². The molecule has 52 valence electrons. The van der Waals surface area contributed by atoms with Crippen molar-refractivity contribution in [1.82, 2.24) is 10.3 Å². The van der Waals surface area contributed by atoms with E-state index in [0.717, 1.165) is 5.69 Å². The van der Waals surface area contributed by atoms with E-state index >= 15 is 0 Å². The van der Waals surface area contributed by atoms with E-state index in [1.807, 2.05) is 5.38 Å². The van der Waals surface area contributed by atoms with Crippen LogP contribution in [0.4, 0.5) is 0 Å². The third-order valence-corrected chi connectivity index (χ3v) is 1.77. The maximum absolute atomic E-state index is 8.55. The summed E-state index contributed by atoms with van der Waals surface area (Å²) >= 11 is 1.50. The van der Waals surface area contributed by atoms with Crippen LogP contribution in [0.5, 0.6) is 0 Å². The van der Waals surface area contributed by atoms with E-state index in [1.165, 1.54) is 11.3 Å². The molecule has 1 atom stereocenters. The molecule has 0 aliphatic heterocycles. The highest BCUT2D eigenvalue weighted by molar-refractivity contribution is 7.07. The molecule has 0 fully saturated rings. The molecule has 0 spiro atoms. The van der Waals surface area contributed by atoms with Crippen molar-refractivity contribution in [3.05, 3.63) is 16.6 Å². The number of hydrogen-bond acceptors (Lipinski definition) is 4. The fourth-order valence-electron chi connectivity index (χ4n) is 0.643. The Hall–Kier alpha value is -0.920. The van der Waals surface area contributed by atoms with Crippen molar-refractivity contribution in [2.75, 3.05) is 7.05 Å². The Balaban J connectivity index is 2.76. The summed E-state index contributed by atoms with van der Waals surface area (Å²) in [6.07, 6.45) is 0. The van der Waals surface area contributed by atoms with Gasteiger partial charge in [0.15, 0.2) is 0 Å². The van der Waals surface area contributed by atoms with Gasteiger partial charge in [-0.15, -0.1) is 11.3 Å². The first-order chi connectivity index (χ1) is 4.88. The van der Waals surface area contributed by atoms with E-state index in [1.54, 1.807) is 12.6 Å². The fourth-order valence-corrected chi connectivity index (χ4v) is 1.22. The molecule has 1 rings (SSSR count). The first kappa shape index (κ1) is 7.19. The van der Waals surface area contributed by atoms with Crippen LogP contribution >= 0.6 is 11.3 Å². The van der Waals surface area contributed by atoms with Crippen molar-refractivity contribution in [3.63, 3.8) is 0 Å². The van der Waals surface area contributed by atoms with Gasteiger partial charge in [-0.05, 0) is 7.05 Å². The van der Waals surface area contributed by atoms with E-state index in [4.69, 9.17) is 5.26 Å². The molecule has 0 aliphatic rings. The Morgan fingerprint density at radius 2 is 2.70 bits per heavy atom. The number of rotatable bonds is 2. The lowest BCUT2D eigenvalue weighted by Gasteiger charge is -2.00. The standard InChI is InChI=1S/C6H7N3S/c1-8-5(2-7)6-3-10-4-9-6/h3-5,8H,1H3. The average molecular weight is 153 g/mol. The zero-order chi connectivity index (χ0) is 7.40. The van der Waals surface area contributed by atoms with Crippen LogP contribution in [-0.4, -0.2) is 12.0 Å². The lowest BCUT2D eigenvalue weighted by atomic mass is 10.3. The number of nitriles is 1. The number of nitrogens with zero attached hydrogens (tertiary/aromatic N) is 2. The zero-order valence-electron chi connectivity index (χ0n) is 5.53. The third kappa shape index (κ3) is 1.32. The Kier molecular flexibility index (Phi) is 2.37. The Morgan fingerprint density at radius 1 is 1.90 bits per heavy atom. The highest BCUT2D eigenvalue weighted by Gasteiger charge is 2.07. The number of thiazole rings is 1. The molecule has 1 aromatic rings. The van der Waals surface area contributed by atoms with Crippen molar-refractivity contribution in [1.29, 1.82) is 5.26 Å². The number of hydrogen-bond donors (Lipinski definition) is 1. The topological polar surface area (TPSA) is 48.7 Å². The summed E-state index contributed by atoms with van der Waals surface area (Å²) in [4.78, 5) is 3.99. The number of aromatic nitrogens is 1. The van der Waals surface area contributed by atoms with Gasteiger partial charge >= 0.3 is 0 Å². The zero-order valence-corrected chi connectivity index (χ0v) is 6.35. The van der Waals surface area contributed by atoms with Gasteiger partial charge in [0.25, 0.3) is 0 Å². The van der Waals surface area contributed by atoms with E-state index in [2.05, 4.69) is 16.4 Å². The Bertz CT molecular complexity index is 224. The van der Waals surface area contributed by atoms with Gasteiger partial charge in [0, 0.05) is 5.38 Å². The molecule has 10 heavy (non-hydrogen) atoms. The molecule has 3 nitrogen and oxygen atoms in total. The molecule has 4 heteroatoms. The van der Waals surface area contributed by atoms with Gasteiger partial charge in [-0.3, -0.25) is 5.32 Å². The van der Waals surface area contributed by atoms with Crippen LogP contribution in [-0.2, 0) is 0 Å². The molecule has 1 heterocycles. The maximum Gasteiger partial charge on any atom is 0.139 e. The van der Waals surface area contributed by atoms with Gasteiger partial charge in [0.05, 0.1) is 17.3 Å². The first-order valence-electron chi connectivity index (χ1n) is 2.83. The second kappa shape index (κ2) is 3.30. The third-order valence-electron chi connectivity index (χ3n) is 1.16. The van der Waals surface area contributed by atoms with E-state index in [0.29, 0.717) is 0 Å². The molecule has 0 saturated heterocycles. The molecular weight excluding hydrogens is 146 g/mol. The molecule has 0 saturated carbocycles. The molecule has 1 unspecified atom stereocenters. The van der Waals surface area contributed by atoms with Crippen molar-refractivity contribution in [2.24, 2.45) is 0 Å². The second-order valence-corrected chi connectivity index (χ2v) is 2.48. The smallest absolute Gasteiger partial charge is 0.139 e. The Morgan fingerprint density at radius 3 is 3.10 bits per heavy atom. The lowest BCUT2D eigenvalue weighted by molar-refractivity contribution is 0.709. The predicted molar refractivity (Wildman–Crippen MR) is 39.5 cm³/mol. The largest absolute Gasteiger partial charge is 0.300 e. The minimum absolute atomic E-state index is 0.258. The monoisotopic (exact) mass is 153 g/mol. The summed E-state index contributed by atoms with van der Waals surface area (Å²) in [6, 6.07) is 1.83.